The van der Waals surface area contributed by atoms with E-state index < -0.39 is 0 Å². The Hall–Kier alpha value is -0.860. The first-order valence-corrected chi connectivity index (χ1v) is 2.63. The van der Waals surface area contributed by atoms with E-state index >= 15 is 0 Å². The Morgan fingerprint density at radius 3 is 2.62 bits per heavy atom. The summed E-state index contributed by atoms with van der Waals surface area (Å²) in [6.45, 7) is 4.07. The van der Waals surface area contributed by atoms with Crippen molar-refractivity contribution in [1.82, 2.24) is 5.16 Å². The molecule has 0 aromatic carbocycles. The molecule has 0 unspecified atom stereocenters. The van der Waals surface area contributed by atoms with Gasteiger partial charge in [-0.05, 0) is 13.8 Å². The van der Waals surface area contributed by atoms with Crippen LogP contribution in [0.1, 0.15) is 19.9 Å². The summed E-state index contributed by atoms with van der Waals surface area (Å²) in [5.74, 6) is 0. The lowest BCUT2D eigenvalue weighted by Crippen LogP contribution is -2.32. The normalized spacial score (nSPS) is 10.4. The van der Waals surface area contributed by atoms with Crippen LogP contribution in [0.4, 0.5) is 0 Å². The number of aromatic nitrogens is 2. The zero-order chi connectivity index (χ0) is 5.98. The average Bonchev–Trinajstić information content (AvgIpc) is 2.12. The summed E-state index contributed by atoms with van der Waals surface area (Å²) in [6, 6.07) is 0.373. The first kappa shape index (κ1) is 5.28. The number of hydrogen-bond donors (Lipinski definition) is 0. The smallest absolute Gasteiger partial charge is 0.0851 e. The highest BCUT2D eigenvalue weighted by Crippen LogP contribution is 1.86. The van der Waals surface area contributed by atoms with Gasteiger partial charge < -0.3 is 0 Å². The molecule has 0 atom stereocenters. The first-order chi connectivity index (χ1) is 3.80. The van der Waals surface area contributed by atoms with Crippen LogP contribution in [-0.4, -0.2) is 5.16 Å². The first-order valence-electron chi connectivity index (χ1n) is 2.63. The molecule has 1 aromatic rings. The van der Waals surface area contributed by atoms with Crippen LogP contribution < -0.4 is 4.74 Å². The maximum absolute atomic E-state index is 4.76. The zero-order valence-corrected chi connectivity index (χ0v) is 5.03. The molecule has 3 nitrogen and oxygen atoms in total. The SMILES string of the molecule is CC(C)[n+]1ccno1. The number of rotatable bonds is 1. The van der Waals surface area contributed by atoms with Gasteiger partial charge >= 0.3 is 0 Å². The molecule has 8 heavy (non-hydrogen) atoms. The molecule has 3 heteroatoms. The Labute approximate surface area is 47.9 Å². The van der Waals surface area contributed by atoms with E-state index in [0.29, 0.717) is 6.04 Å². The van der Waals surface area contributed by atoms with E-state index in [-0.39, 0.29) is 0 Å². The quantitative estimate of drug-likeness (QED) is 0.497. The second kappa shape index (κ2) is 1.94. The molecule has 0 saturated carbocycles. The van der Waals surface area contributed by atoms with Crippen molar-refractivity contribution in [3.05, 3.63) is 12.4 Å². The van der Waals surface area contributed by atoms with Crippen molar-refractivity contribution in [2.45, 2.75) is 19.9 Å². The highest BCUT2D eigenvalue weighted by molar-refractivity contribution is 4.46. The predicted octanol–water partition coefficient (Wildman–Crippen LogP) is 0.543. The van der Waals surface area contributed by atoms with Crippen LogP contribution in [0.5, 0.6) is 0 Å². The third-order valence-electron chi connectivity index (χ3n) is 0.925. The summed E-state index contributed by atoms with van der Waals surface area (Å²) in [5.41, 5.74) is 0. The molecule has 0 bridgehead atoms. The van der Waals surface area contributed by atoms with Crippen LogP contribution in [0.25, 0.3) is 0 Å². The van der Waals surface area contributed by atoms with Crippen molar-refractivity contribution in [3.8, 4) is 0 Å². The van der Waals surface area contributed by atoms with Crippen molar-refractivity contribution in [2.75, 3.05) is 0 Å². The van der Waals surface area contributed by atoms with Crippen molar-refractivity contribution < 1.29 is 9.37 Å². The van der Waals surface area contributed by atoms with Gasteiger partial charge in [-0.3, -0.25) is 0 Å². The Morgan fingerprint density at radius 1 is 1.62 bits per heavy atom. The fourth-order valence-corrected chi connectivity index (χ4v) is 0.468. The minimum Gasteiger partial charge on any atom is -0.0851 e. The molecule has 0 aliphatic heterocycles. The Balaban J connectivity index is 2.77. The van der Waals surface area contributed by atoms with Crippen LogP contribution in [-0.2, 0) is 0 Å². The molecular weight excluding hydrogens is 104 g/mol. The summed E-state index contributed by atoms with van der Waals surface area (Å²) < 4.78 is 6.44. The van der Waals surface area contributed by atoms with E-state index in [2.05, 4.69) is 5.16 Å². The van der Waals surface area contributed by atoms with E-state index in [4.69, 9.17) is 4.63 Å². The molecule has 1 heterocycles. The number of nitrogens with zero attached hydrogens (tertiary/aromatic N) is 2. The van der Waals surface area contributed by atoms with Crippen LogP contribution in [0.3, 0.4) is 0 Å². The zero-order valence-electron chi connectivity index (χ0n) is 5.03. The lowest BCUT2D eigenvalue weighted by Gasteiger charge is -1.89. The minimum atomic E-state index is 0.373. The molecule has 1 aromatic heterocycles. The van der Waals surface area contributed by atoms with E-state index in [9.17, 15) is 0 Å². The Bertz CT molecular complexity index is 145. The standard InChI is InChI=1S/C5H9N2O/c1-5(2)7-4-3-6-8-7/h3-5H,1-2H3/q+1. The van der Waals surface area contributed by atoms with Crippen molar-refractivity contribution >= 4 is 0 Å². The van der Waals surface area contributed by atoms with E-state index in [1.54, 1.807) is 17.1 Å². The molecule has 0 aliphatic rings. The molecule has 44 valence electrons. The molecule has 0 saturated heterocycles. The summed E-state index contributed by atoms with van der Waals surface area (Å²) in [5, 5.41) is 3.53. The molecule has 0 fully saturated rings. The van der Waals surface area contributed by atoms with E-state index in [1.165, 1.54) is 0 Å². The van der Waals surface area contributed by atoms with E-state index in [0.717, 1.165) is 0 Å². The van der Waals surface area contributed by atoms with Gasteiger partial charge in [-0.15, -0.1) is 0 Å². The van der Waals surface area contributed by atoms with E-state index in [1.807, 2.05) is 13.8 Å². The third kappa shape index (κ3) is 0.857. The molecule has 0 amide bonds. The largest absolute Gasteiger partial charge is 0.230 e. The molecule has 0 aliphatic carbocycles. The summed E-state index contributed by atoms with van der Waals surface area (Å²) in [4.78, 5) is 0. The molecule has 0 radical (unpaired) electrons. The van der Waals surface area contributed by atoms with Crippen LogP contribution in [0.15, 0.2) is 17.0 Å². The van der Waals surface area contributed by atoms with Gasteiger partial charge in [0.25, 0.3) is 0 Å². The fourth-order valence-electron chi connectivity index (χ4n) is 0.468. The van der Waals surface area contributed by atoms with Crippen LogP contribution >= 0.6 is 0 Å². The topological polar surface area (TPSA) is 29.9 Å². The van der Waals surface area contributed by atoms with Gasteiger partial charge in [-0.1, -0.05) is 9.37 Å². The molecule has 0 N–H and O–H groups in total. The van der Waals surface area contributed by atoms with Gasteiger partial charge in [0.05, 0.1) is 0 Å². The maximum Gasteiger partial charge on any atom is 0.230 e. The highest BCUT2D eigenvalue weighted by atomic mass is 16.6. The molecule has 1 rings (SSSR count). The minimum absolute atomic E-state index is 0.373. The lowest BCUT2D eigenvalue weighted by atomic mass is 10.4. The lowest BCUT2D eigenvalue weighted by molar-refractivity contribution is -0.886. The molecular formula is C5H9N2O+. The van der Waals surface area contributed by atoms with Crippen molar-refractivity contribution in [2.24, 2.45) is 0 Å². The average molecular weight is 113 g/mol. The molecule has 0 spiro atoms. The van der Waals surface area contributed by atoms with Crippen molar-refractivity contribution in [1.29, 1.82) is 0 Å². The van der Waals surface area contributed by atoms with Gasteiger partial charge in [0.2, 0.25) is 6.20 Å². The van der Waals surface area contributed by atoms with Crippen LogP contribution in [0.2, 0.25) is 0 Å². The highest BCUT2D eigenvalue weighted by Gasteiger charge is 2.04. The summed E-state index contributed by atoms with van der Waals surface area (Å²) in [7, 11) is 0. The summed E-state index contributed by atoms with van der Waals surface area (Å²) >= 11 is 0. The van der Waals surface area contributed by atoms with Gasteiger partial charge in [0, 0.05) is 0 Å². The predicted molar refractivity (Wildman–Crippen MR) is 27.1 cm³/mol. The fraction of sp³-hybridized carbons (Fsp3) is 0.600. The number of hydrogen-bond acceptors (Lipinski definition) is 2. The van der Waals surface area contributed by atoms with Gasteiger partial charge in [-0.2, -0.15) is 0 Å². The summed E-state index contributed by atoms with van der Waals surface area (Å²) in [6.07, 6.45) is 3.42. The van der Waals surface area contributed by atoms with Crippen molar-refractivity contribution in [3.63, 3.8) is 0 Å². The van der Waals surface area contributed by atoms with Crippen LogP contribution in [0, 0.1) is 0 Å². The van der Waals surface area contributed by atoms with Gasteiger partial charge in [-0.25, -0.2) is 0 Å². The van der Waals surface area contributed by atoms with Gasteiger partial charge in [0.1, 0.15) is 6.04 Å². The second-order valence-corrected chi connectivity index (χ2v) is 1.94. The van der Waals surface area contributed by atoms with Gasteiger partial charge in [0.15, 0.2) is 11.4 Å². The third-order valence-corrected chi connectivity index (χ3v) is 0.925. The Morgan fingerprint density at radius 2 is 2.38 bits per heavy atom. The maximum atomic E-state index is 4.76. The monoisotopic (exact) mass is 113 g/mol. The second-order valence-electron chi connectivity index (χ2n) is 1.94. The Kier molecular flexibility index (Phi) is 1.28.